The van der Waals surface area contributed by atoms with Crippen molar-refractivity contribution in [1.29, 1.82) is 0 Å². The van der Waals surface area contributed by atoms with Gasteiger partial charge in [0.05, 0.1) is 0 Å². The summed E-state index contributed by atoms with van der Waals surface area (Å²) in [5.41, 5.74) is 2.07. The van der Waals surface area contributed by atoms with Gasteiger partial charge in [-0.05, 0) is 36.0 Å². The quantitative estimate of drug-likeness (QED) is 0.613. The second-order valence-electron chi connectivity index (χ2n) is 7.31. The van der Waals surface area contributed by atoms with E-state index >= 15 is 0 Å². The van der Waals surface area contributed by atoms with Crippen LogP contribution in [0.2, 0.25) is 0 Å². The van der Waals surface area contributed by atoms with E-state index in [1.54, 1.807) is 6.08 Å². The molecule has 1 aliphatic heterocycles. The molecule has 0 atom stereocenters. The third kappa shape index (κ3) is 3.71. The van der Waals surface area contributed by atoms with Crippen LogP contribution in [-0.2, 0) is 16.0 Å². The summed E-state index contributed by atoms with van der Waals surface area (Å²) < 4.78 is 0. The summed E-state index contributed by atoms with van der Waals surface area (Å²) in [5, 5.41) is 0. The Hall–Kier alpha value is -2.43. The van der Waals surface area contributed by atoms with Crippen LogP contribution in [0, 0.1) is 5.92 Å². The lowest BCUT2D eigenvalue weighted by Crippen LogP contribution is -2.52. The number of nitrogens with zero attached hydrogens (tertiary/aromatic N) is 2. The summed E-state index contributed by atoms with van der Waals surface area (Å²) in [5.74, 6) is -0.308. The third-order valence-corrected chi connectivity index (χ3v) is 5.55. The van der Waals surface area contributed by atoms with Gasteiger partial charge in [-0.3, -0.25) is 19.4 Å². The SMILES string of the molecule is CN1C(=O)C(=Cc2ccccc2CCC2CCCCC2)C(=O)N(C)C1=O. The van der Waals surface area contributed by atoms with Gasteiger partial charge in [0.2, 0.25) is 0 Å². The number of barbiturate groups is 1. The zero-order chi connectivity index (χ0) is 18.7. The van der Waals surface area contributed by atoms with E-state index in [1.165, 1.54) is 46.2 Å². The number of carbonyl (C=O) groups is 3. The van der Waals surface area contributed by atoms with Gasteiger partial charge in [-0.25, -0.2) is 4.79 Å². The minimum atomic E-state index is -0.595. The number of hydrogen-bond acceptors (Lipinski definition) is 3. The van der Waals surface area contributed by atoms with E-state index in [0.717, 1.165) is 39.7 Å². The minimum Gasteiger partial charge on any atom is -0.268 e. The number of carbonyl (C=O) groups excluding carboxylic acids is 3. The van der Waals surface area contributed by atoms with Crippen molar-refractivity contribution in [1.82, 2.24) is 9.80 Å². The highest BCUT2D eigenvalue weighted by atomic mass is 16.2. The van der Waals surface area contributed by atoms with E-state index in [0.29, 0.717) is 0 Å². The van der Waals surface area contributed by atoms with E-state index in [9.17, 15) is 14.4 Å². The summed E-state index contributed by atoms with van der Waals surface area (Å²) in [6.45, 7) is 0. The van der Waals surface area contributed by atoms with Gasteiger partial charge in [0.15, 0.2) is 0 Å². The van der Waals surface area contributed by atoms with Crippen LogP contribution in [-0.4, -0.2) is 41.7 Å². The van der Waals surface area contributed by atoms with Crippen molar-refractivity contribution >= 4 is 23.9 Å². The van der Waals surface area contributed by atoms with E-state index in [1.807, 2.05) is 18.2 Å². The Balaban J connectivity index is 1.82. The standard InChI is InChI=1S/C21H26N2O3/c1-22-19(24)18(20(25)23(2)21(22)26)14-17-11-7-6-10-16(17)13-12-15-8-4-3-5-9-15/h6-7,10-11,14-15H,3-5,8-9,12-13H2,1-2H3. The molecule has 5 nitrogen and oxygen atoms in total. The fourth-order valence-corrected chi connectivity index (χ4v) is 3.87. The highest BCUT2D eigenvalue weighted by Crippen LogP contribution is 2.28. The van der Waals surface area contributed by atoms with E-state index in [-0.39, 0.29) is 5.57 Å². The van der Waals surface area contributed by atoms with Gasteiger partial charge in [-0.2, -0.15) is 0 Å². The zero-order valence-electron chi connectivity index (χ0n) is 15.5. The number of hydrogen-bond donors (Lipinski definition) is 0. The molecule has 1 saturated heterocycles. The Morgan fingerprint density at radius 1 is 0.962 bits per heavy atom. The molecule has 0 bridgehead atoms. The highest BCUT2D eigenvalue weighted by Gasteiger charge is 2.37. The van der Waals surface area contributed by atoms with Gasteiger partial charge < -0.3 is 0 Å². The average Bonchev–Trinajstić information content (AvgIpc) is 2.68. The van der Waals surface area contributed by atoms with Crippen LogP contribution in [0.5, 0.6) is 0 Å². The van der Waals surface area contributed by atoms with Crippen molar-refractivity contribution in [3.05, 3.63) is 41.0 Å². The summed E-state index contributed by atoms with van der Waals surface area (Å²) in [6, 6.07) is 7.30. The van der Waals surface area contributed by atoms with Crippen LogP contribution >= 0.6 is 0 Å². The number of urea groups is 1. The van der Waals surface area contributed by atoms with Crippen LogP contribution in [0.4, 0.5) is 4.79 Å². The van der Waals surface area contributed by atoms with Gasteiger partial charge in [0.1, 0.15) is 5.57 Å². The molecule has 3 rings (SSSR count). The molecule has 0 spiro atoms. The lowest BCUT2D eigenvalue weighted by molar-refractivity contribution is -0.134. The Bertz CT molecular complexity index is 721. The molecular formula is C21H26N2O3. The Morgan fingerprint density at radius 2 is 1.58 bits per heavy atom. The van der Waals surface area contributed by atoms with Crippen molar-refractivity contribution < 1.29 is 14.4 Å². The van der Waals surface area contributed by atoms with Crippen molar-refractivity contribution in [2.75, 3.05) is 14.1 Å². The highest BCUT2D eigenvalue weighted by molar-refractivity contribution is 6.30. The number of benzene rings is 1. The van der Waals surface area contributed by atoms with Gasteiger partial charge in [0, 0.05) is 14.1 Å². The molecule has 1 aromatic carbocycles. The molecule has 5 heteroatoms. The molecule has 2 fully saturated rings. The Morgan fingerprint density at radius 3 is 2.23 bits per heavy atom. The average molecular weight is 354 g/mol. The fraction of sp³-hybridized carbons (Fsp3) is 0.476. The normalized spacial score (nSPS) is 19.3. The first-order valence-electron chi connectivity index (χ1n) is 9.38. The first-order chi connectivity index (χ1) is 12.5. The van der Waals surface area contributed by atoms with Crippen molar-refractivity contribution in [2.45, 2.75) is 44.9 Å². The molecule has 1 heterocycles. The van der Waals surface area contributed by atoms with E-state index in [2.05, 4.69) is 6.07 Å². The van der Waals surface area contributed by atoms with Crippen LogP contribution in [0.3, 0.4) is 0 Å². The van der Waals surface area contributed by atoms with Crippen molar-refractivity contribution in [3.8, 4) is 0 Å². The van der Waals surface area contributed by atoms with Crippen LogP contribution in [0.25, 0.3) is 6.08 Å². The predicted molar refractivity (Wildman–Crippen MR) is 100 cm³/mol. The molecule has 0 radical (unpaired) electrons. The van der Waals surface area contributed by atoms with Gasteiger partial charge in [-0.1, -0.05) is 56.4 Å². The molecule has 1 aromatic rings. The summed E-state index contributed by atoms with van der Waals surface area (Å²) in [4.78, 5) is 38.6. The van der Waals surface area contributed by atoms with E-state index in [4.69, 9.17) is 0 Å². The predicted octanol–water partition coefficient (Wildman–Crippen LogP) is 3.63. The molecule has 1 saturated carbocycles. The first kappa shape index (κ1) is 18.4. The second kappa shape index (κ2) is 7.85. The monoisotopic (exact) mass is 354 g/mol. The maximum atomic E-state index is 12.4. The van der Waals surface area contributed by atoms with Crippen molar-refractivity contribution in [2.24, 2.45) is 5.92 Å². The second-order valence-corrected chi connectivity index (χ2v) is 7.31. The summed E-state index contributed by atoms with van der Waals surface area (Å²) >= 11 is 0. The lowest BCUT2D eigenvalue weighted by Gasteiger charge is -2.29. The number of amides is 4. The number of aryl methyl sites for hydroxylation is 1. The van der Waals surface area contributed by atoms with E-state index < -0.39 is 17.8 Å². The van der Waals surface area contributed by atoms with Gasteiger partial charge in [-0.15, -0.1) is 0 Å². The molecule has 1 aliphatic carbocycles. The first-order valence-corrected chi connectivity index (χ1v) is 9.38. The zero-order valence-corrected chi connectivity index (χ0v) is 15.5. The number of imide groups is 2. The topological polar surface area (TPSA) is 57.7 Å². The minimum absolute atomic E-state index is 0.0414. The summed E-state index contributed by atoms with van der Waals surface area (Å²) in [7, 11) is 2.80. The fourth-order valence-electron chi connectivity index (χ4n) is 3.87. The molecule has 0 unspecified atom stereocenters. The Kier molecular flexibility index (Phi) is 5.55. The maximum absolute atomic E-state index is 12.4. The molecule has 4 amide bonds. The third-order valence-electron chi connectivity index (χ3n) is 5.55. The van der Waals surface area contributed by atoms with Gasteiger partial charge >= 0.3 is 6.03 Å². The van der Waals surface area contributed by atoms with Crippen LogP contribution in [0.1, 0.15) is 49.7 Å². The summed E-state index contributed by atoms with van der Waals surface area (Å²) in [6.07, 6.45) is 10.3. The Labute approximate surface area is 154 Å². The van der Waals surface area contributed by atoms with Crippen molar-refractivity contribution in [3.63, 3.8) is 0 Å². The van der Waals surface area contributed by atoms with Crippen LogP contribution in [0.15, 0.2) is 29.8 Å². The molecule has 138 valence electrons. The molecular weight excluding hydrogens is 328 g/mol. The van der Waals surface area contributed by atoms with Crippen LogP contribution < -0.4 is 0 Å². The molecule has 26 heavy (non-hydrogen) atoms. The lowest BCUT2D eigenvalue weighted by atomic mass is 9.84. The molecule has 0 N–H and O–H groups in total. The molecule has 2 aliphatic rings. The van der Waals surface area contributed by atoms with Gasteiger partial charge in [0.25, 0.3) is 11.8 Å². The smallest absolute Gasteiger partial charge is 0.268 e. The number of likely N-dealkylation sites (N-methyl/N-ethyl adjacent to an activating group) is 2. The largest absolute Gasteiger partial charge is 0.333 e. The molecule has 0 aromatic heterocycles. The number of rotatable bonds is 4. The maximum Gasteiger partial charge on any atom is 0.333 e.